The largest absolute Gasteiger partial charge is 0.416 e. The molecule has 6 heteroatoms. The molecule has 0 aromatic carbocycles. The molecule has 2 nitrogen and oxygen atoms in total. The number of halogens is 3. The number of hydrogen-bond acceptors (Lipinski definition) is 2. The second kappa shape index (κ2) is 2.78. The zero-order valence-corrected chi connectivity index (χ0v) is 6.59. The Morgan fingerprint density at radius 1 is 1.33 bits per heavy atom. The van der Waals surface area contributed by atoms with Crippen molar-refractivity contribution in [2.75, 3.05) is 5.73 Å². The van der Waals surface area contributed by atoms with Crippen molar-refractivity contribution in [2.24, 2.45) is 0 Å². The fourth-order valence-electron chi connectivity index (χ4n) is 0.729. The molecule has 1 rings (SSSR count). The summed E-state index contributed by atoms with van der Waals surface area (Å²) in [5.41, 5.74) is 4.30. The molecular formula is C6H5F3N2S. The van der Waals surface area contributed by atoms with Gasteiger partial charge >= 0.3 is 6.18 Å². The Morgan fingerprint density at radius 2 is 1.92 bits per heavy atom. The van der Waals surface area contributed by atoms with E-state index in [1.54, 1.807) is 0 Å². The monoisotopic (exact) mass is 194 g/mol. The number of anilines is 1. The highest BCUT2D eigenvalue weighted by molar-refractivity contribution is 7.71. The van der Waals surface area contributed by atoms with Crippen molar-refractivity contribution in [1.29, 1.82) is 0 Å². The van der Waals surface area contributed by atoms with Crippen LogP contribution in [-0.2, 0) is 6.18 Å². The van der Waals surface area contributed by atoms with Crippen molar-refractivity contribution in [1.82, 2.24) is 4.98 Å². The number of hydrogen-bond donors (Lipinski definition) is 2. The Labute approximate surface area is 71.2 Å². The molecular weight excluding hydrogens is 189 g/mol. The van der Waals surface area contributed by atoms with E-state index in [1.165, 1.54) is 0 Å². The Kier molecular flexibility index (Phi) is 2.10. The summed E-state index contributed by atoms with van der Waals surface area (Å²) in [7, 11) is 0. The summed E-state index contributed by atoms with van der Waals surface area (Å²) < 4.78 is 36.1. The minimum Gasteiger partial charge on any atom is -0.385 e. The van der Waals surface area contributed by atoms with Gasteiger partial charge in [0.15, 0.2) is 0 Å². The molecule has 0 spiro atoms. The van der Waals surface area contributed by atoms with Gasteiger partial charge in [-0.3, -0.25) is 0 Å². The smallest absolute Gasteiger partial charge is 0.385 e. The summed E-state index contributed by atoms with van der Waals surface area (Å²) in [6.45, 7) is 0. The number of pyridine rings is 1. The molecule has 0 atom stereocenters. The molecule has 1 aromatic rings. The van der Waals surface area contributed by atoms with Crippen LogP contribution in [0.1, 0.15) is 5.56 Å². The molecule has 3 N–H and O–H groups in total. The lowest BCUT2D eigenvalue weighted by molar-refractivity contribution is -0.137. The summed E-state index contributed by atoms with van der Waals surface area (Å²) in [4.78, 5) is 2.38. The van der Waals surface area contributed by atoms with Crippen molar-refractivity contribution in [3.63, 3.8) is 0 Å². The fraction of sp³-hybridized carbons (Fsp3) is 0.167. The van der Waals surface area contributed by atoms with Crippen molar-refractivity contribution in [3.05, 3.63) is 22.3 Å². The number of nitrogen functional groups attached to an aromatic ring is 1. The van der Waals surface area contributed by atoms with E-state index in [9.17, 15) is 13.2 Å². The topological polar surface area (TPSA) is 41.8 Å². The molecule has 66 valence electrons. The van der Waals surface area contributed by atoms with Crippen LogP contribution in [0.3, 0.4) is 0 Å². The van der Waals surface area contributed by atoms with Gasteiger partial charge in [-0.1, -0.05) is 12.2 Å². The van der Waals surface area contributed by atoms with E-state index in [4.69, 9.17) is 5.73 Å². The molecule has 0 saturated heterocycles. The van der Waals surface area contributed by atoms with Crippen LogP contribution in [0.4, 0.5) is 19.0 Å². The number of aromatic amines is 1. The van der Waals surface area contributed by atoms with E-state index < -0.39 is 11.7 Å². The molecule has 0 unspecified atom stereocenters. The van der Waals surface area contributed by atoms with Gasteiger partial charge < -0.3 is 10.7 Å². The van der Waals surface area contributed by atoms with Gasteiger partial charge in [0.25, 0.3) is 0 Å². The number of nitrogens with two attached hydrogens (primary N) is 1. The van der Waals surface area contributed by atoms with Crippen molar-refractivity contribution in [3.8, 4) is 0 Å². The maximum atomic E-state index is 12.0. The van der Waals surface area contributed by atoms with Crippen molar-refractivity contribution in [2.45, 2.75) is 6.18 Å². The number of H-pyrrole nitrogens is 1. The lowest BCUT2D eigenvalue weighted by Crippen LogP contribution is -2.06. The maximum Gasteiger partial charge on any atom is 0.416 e. The molecule has 0 aliphatic heterocycles. The number of nitrogens with one attached hydrogen (secondary N) is 1. The van der Waals surface area contributed by atoms with Gasteiger partial charge in [-0.05, 0) is 12.1 Å². The lowest BCUT2D eigenvalue weighted by Gasteiger charge is -2.06. The van der Waals surface area contributed by atoms with E-state index >= 15 is 0 Å². The van der Waals surface area contributed by atoms with Gasteiger partial charge in [0.05, 0.1) is 5.56 Å². The van der Waals surface area contributed by atoms with Crippen LogP contribution in [-0.4, -0.2) is 4.98 Å². The standard InChI is InChI=1S/C6H5F3N2S/c7-6(8,9)3-1-4(10)11-5(12)2-3/h1-2H,(H3,10,11,12). The van der Waals surface area contributed by atoms with Gasteiger partial charge in [0, 0.05) is 0 Å². The Hall–Kier alpha value is -1.04. The second-order valence-electron chi connectivity index (χ2n) is 2.19. The first-order chi connectivity index (χ1) is 5.39. The third kappa shape index (κ3) is 1.97. The van der Waals surface area contributed by atoms with Gasteiger partial charge in [0.2, 0.25) is 0 Å². The molecule has 0 radical (unpaired) electrons. The van der Waals surface area contributed by atoms with Crippen LogP contribution in [0.25, 0.3) is 0 Å². The predicted molar refractivity (Wildman–Crippen MR) is 41.0 cm³/mol. The van der Waals surface area contributed by atoms with E-state index in [1.807, 2.05) is 0 Å². The zero-order chi connectivity index (χ0) is 9.35. The number of rotatable bonds is 0. The van der Waals surface area contributed by atoms with E-state index in [-0.39, 0.29) is 10.5 Å². The van der Waals surface area contributed by atoms with E-state index in [0.717, 1.165) is 12.1 Å². The Morgan fingerprint density at radius 3 is 2.33 bits per heavy atom. The zero-order valence-electron chi connectivity index (χ0n) is 5.77. The minimum atomic E-state index is -4.39. The molecule has 0 bridgehead atoms. The van der Waals surface area contributed by atoms with Crippen LogP contribution < -0.4 is 5.73 Å². The average molecular weight is 194 g/mol. The van der Waals surface area contributed by atoms with Crippen LogP contribution >= 0.6 is 12.2 Å². The highest BCUT2D eigenvalue weighted by Crippen LogP contribution is 2.29. The summed E-state index contributed by atoms with van der Waals surface area (Å²) >= 11 is 4.52. The predicted octanol–water partition coefficient (Wildman–Crippen LogP) is 2.35. The highest BCUT2D eigenvalue weighted by atomic mass is 32.1. The quantitative estimate of drug-likeness (QED) is 0.622. The van der Waals surface area contributed by atoms with Crippen LogP contribution in [0.2, 0.25) is 0 Å². The first kappa shape index (κ1) is 9.05. The molecule has 0 aliphatic carbocycles. The Bertz CT molecular complexity index is 341. The summed E-state index contributed by atoms with van der Waals surface area (Å²) in [5, 5.41) is 0. The third-order valence-electron chi connectivity index (χ3n) is 1.19. The van der Waals surface area contributed by atoms with Crippen LogP contribution in [0.5, 0.6) is 0 Å². The first-order valence-electron chi connectivity index (χ1n) is 2.96. The van der Waals surface area contributed by atoms with Gasteiger partial charge in [-0.15, -0.1) is 0 Å². The summed E-state index contributed by atoms with van der Waals surface area (Å²) in [6, 6.07) is 1.63. The van der Waals surface area contributed by atoms with Crippen LogP contribution in [0.15, 0.2) is 12.1 Å². The van der Waals surface area contributed by atoms with Crippen molar-refractivity contribution < 1.29 is 13.2 Å². The molecule has 12 heavy (non-hydrogen) atoms. The summed E-state index contributed by atoms with van der Waals surface area (Å²) in [6.07, 6.45) is -4.39. The second-order valence-corrected chi connectivity index (χ2v) is 2.63. The normalized spacial score (nSPS) is 11.6. The van der Waals surface area contributed by atoms with Crippen molar-refractivity contribution >= 4 is 18.0 Å². The summed E-state index contributed by atoms with van der Waals surface area (Å²) in [5.74, 6) is -0.0881. The van der Waals surface area contributed by atoms with E-state index in [2.05, 4.69) is 17.2 Å². The van der Waals surface area contributed by atoms with Gasteiger partial charge in [0.1, 0.15) is 10.5 Å². The average Bonchev–Trinajstić information content (AvgIpc) is 1.82. The molecule has 0 fully saturated rings. The highest BCUT2D eigenvalue weighted by Gasteiger charge is 2.30. The molecule has 0 aliphatic rings. The third-order valence-corrected chi connectivity index (χ3v) is 1.41. The molecule has 0 amide bonds. The first-order valence-corrected chi connectivity index (χ1v) is 3.37. The number of alkyl halides is 3. The van der Waals surface area contributed by atoms with Gasteiger partial charge in [-0.2, -0.15) is 13.2 Å². The van der Waals surface area contributed by atoms with Gasteiger partial charge in [-0.25, -0.2) is 0 Å². The molecule has 1 aromatic heterocycles. The van der Waals surface area contributed by atoms with Crippen LogP contribution in [0, 0.1) is 4.64 Å². The molecule has 0 saturated carbocycles. The number of aromatic nitrogens is 1. The van der Waals surface area contributed by atoms with E-state index in [0.29, 0.717) is 0 Å². The SMILES string of the molecule is Nc1cc(C(F)(F)F)cc(=S)[nH]1. The Balaban J connectivity index is 3.27. The minimum absolute atomic E-state index is 0.0256. The maximum absolute atomic E-state index is 12.0. The molecule has 1 heterocycles. The fourth-order valence-corrected chi connectivity index (χ4v) is 0.973. The lowest BCUT2D eigenvalue weighted by atomic mass is 10.2.